The van der Waals surface area contributed by atoms with Crippen LogP contribution in [0.3, 0.4) is 0 Å². The highest BCUT2D eigenvalue weighted by Gasteiger charge is 2.23. The number of rotatable bonds is 3. The molecule has 1 nitrogen and oxygen atoms in total. The molecule has 0 aliphatic rings. The largest absolute Gasteiger partial charge is 0.309 e. The van der Waals surface area contributed by atoms with Crippen molar-refractivity contribution in [2.75, 3.05) is 7.05 Å². The Bertz CT molecular complexity index is 635. The molecule has 0 amide bonds. The van der Waals surface area contributed by atoms with E-state index in [4.69, 9.17) is 0 Å². The third-order valence-electron chi connectivity index (χ3n) is 3.85. The monoisotopic (exact) mass is 275 g/mol. The van der Waals surface area contributed by atoms with Crippen LogP contribution >= 0.6 is 0 Å². The van der Waals surface area contributed by atoms with E-state index in [1.165, 1.54) is 12.1 Å². The number of hydrogen-bond acceptors (Lipinski definition) is 1. The first kappa shape index (κ1) is 14.7. The first-order chi connectivity index (χ1) is 9.47. The second kappa shape index (κ2) is 5.71. The Balaban J connectivity index is 2.65. The van der Waals surface area contributed by atoms with Gasteiger partial charge in [0.25, 0.3) is 0 Å². The van der Waals surface area contributed by atoms with Crippen LogP contribution in [0, 0.1) is 32.4 Å². The van der Waals surface area contributed by atoms with Gasteiger partial charge < -0.3 is 5.32 Å². The van der Waals surface area contributed by atoms with Crippen LogP contribution < -0.4 is 5.32 Å². The SMILES string of the molecule is CNC(c1cccc(C)c1C)c1c(F)ccc(C)c1F. The Kier molecular flexibility index (Phi) is 4.19. The fraction of sp³-hybridized carbons (Fsp3) is 0.294. The zero-order chi connectivity index (χ0) is 14.9. The summed E-state index contributed by atoms with van der Waals surface area (Å²) in [6.07, 6.45) is 0. The summed E-state index contributed by atoms with van der Waals surface area (Å²) in [5.74, 6) is -1.00. The first-order valence-electron chi connectivity index (χ1n) is 6.65. The van der Waals surface area contributed by atoms with Crippen molar-refractivity contribution in [3.63, 3.8) is 0 Å². The maximum atomic E-state index is 14.3. The van der Waals surface area contributed by atoms with Gasteiger partial charge in [0.2, 0.25) is 0 Å². The van der Waals surface area contributed by atoms with Crippen molar-refractivity contribution in [1.82, 2.24) is 5.32 Å². The first-order valence-corrected chi connectivity index (χ1v) is 6.65. The van der Waals surface area contributed by atoms with Gasteiger partial charge in [0.15, 0.2) is 0 Å². The second-order valence-corrected chi connectivity index (χ2v) is 5.10. The topological polar surface area (TPSA) is 12.0 Å². The lowest BCUT2D eigenvalue weighted by molar-refractivity contribution is 0.517. The zero-order valence-electron chi connectivity index (χ0n) is 12.2. The van der Waals surface area contributed by atoms with Crippen molar-refractivity contribution >= 4 is 0 Å². The molecule has 2 aromatic rings. The smallest absolute Gasteiger partial charge is 0.134 e. The van der Waals surface area contributed by atoms with Crippen LogP contribution in [-0.4, -0.2) is 7.05 Å². The molecule has 1 atom stereocenters. The van der Waals surface area contributed by atoms with E-state index in [1.807, 2.05) is 32.0 Å². The number of aryl methyl sites for hydroxylation is 2. The van der Waals surface area contributed by atoms with Crippen molar-refractivity contribution in [2.45, 2.75) is 26.8 Å². The molecule has 106 valence electrons. The molecule has 0 saturated heterocycles. The van der Waals surface area contributed by atoms with Gasteiger partial charge in [-0.15, -0.1) is 0 Å². The van der Waals surface area contributed by atoms with E-state index in [0.29, 0.717) is 5.56 Å². The molecule has 1 N–H and O–H groups in total. The number of benzene rings is 2. The second-order valence-electron chi connectivity index (χ2n) is 5.10. The molecule has 0 aliphatic heterocycles. The van der Waals surface area contributed by atoms with Crippen LogP contribution in [0.4, 0.5) is 8.78 Å². The van der Waals surface area contributed by atoms with E-state index in [9.17, 15) is 8.78 Å². The lowest BCUT2D eigenvalue weighted by Crippen LogP contribution is -2.22. The van der Waals surface area contributed by atoms with Crippen LogP contribution in [-0.2, 0) is 0 Å². The molecule has 0 bridgehead atoms. The Morgan fingerprint density at radius 3 is 2.30 bits per heavy atom. The highest BCUT2D eigenvalue weighted by Crippen LogP contribution is 2.30. The van der Waals surface area contributed by atoms with E-state index in [2.05, 4.69) is 5.32 Å². The normalized spacial score (nSPS) is 12.5. The predicted molar refractivity (Wildman–Crippen MR) is 77.9 cm³/mol. The molecule has 1 unspecified atom stereocenters. The van der Waals surface area contributed by atoms with E-state index in [0.717, 1.165) is 16.7 Å². The number of hydrogen-bond donors (Lipinski definition) is 1. The summed E-state index contributed by atoms with van der Waals surface area (Å²) >= 11 is 0. The van der Waals surface area contributed by atoms with Gasteiger partial charge in [0.1, 0.15) is 11.6 Å². The number of nitrogens with one attached hydrogen (secondary N) is 1. The molecule has 0 radical (unpaired) electrons. The third-order valence-corrected chi connectivity index (χ3v) is 3.85. The van der Waals surface area contributed by atoms with Gasteiger partial charge in [0, 0.05) is 5.56 Å². The highest BCUT2D eigenvalue weighted by atomic mass is 19.1. The van der Waals surface area contributed by atoms with Gasteiger partial charge >= 0.3 is 0 Å². The molecule has 3 heteroatoms. The fourth-order valence-corrected chi connectivity index (χ4v) is 2.48. The van der Waals surface area contributed by atoms with Gasteiger partial charge in [-0.2, -0.15) is 0 Å². The summed E-state index contributed by atoms with van der Waals surface area (Å²) in [4.78, 5) is 0. The molecule has 0 aliphatic carbocycles. The van der Waals surface area contributed by atoms with Crippen LogP contribution in [0.1, 0.15) is 33.9 Å². The van der Waals surface area contributed by atoms with Crippen LogP contribution in [0.5, 0.6) is 0 Å². The van der Waals surface area contributed by atoms with Crippen molar-refractivity contribution in [2.24, 2.45) is 0 Å². The van der Waals surface area contributed by atoms with Gasteiger partial charge in [-0.25, -0.2) is 8.78 Å². The molecule has 0 aromatic heterocycles. The zero-order valence-corrected chi connectivity index (χ0v) is 12.2. The Morgan fingerprint density at radius 2 is 1.65 bits per heavy atom. The number of halogens is 2. The Hall–Kier alpha value is -1.74. The van der Waals surface area contributed by atoms with E-state index < -0.39 is 17.7 Å². The molecule has 0 spiro atoms. The highest BCUT2D eigenvalue weighted by molar-refractivity contribution is 5.42. The fourth-order valence-electron chi connectivity index (χ4n) is 2.48. The minimum atomic E-state index is -0.520. The standard InChI is InChI=1S/C17H19F2N/c1-10-6-5-7-13(12(10)3)17(20-4)15-14(18)9-8-11(2)16(15)19/h5-9,17,20H,1-4H3. The van der Waals surface area contributed by atoms with Crippen LogP contribution in [0.25, 0.3) is 0 Å². The predicted octanol–water partition coefficient (Wildman–Crippen LogP) is 4.20. The molecule has 0 saturated carbocycles. The minimum Gasteiger partial charge on any atom is -0.309 e. The van der Waals surface area contributed by atoms with E-state index in [1.54, 1.807) is 14.0 Å². The van der Waals surface area contributed by atoms with Gasteiger partial charge in [-0.3, -0.25) is 0 Å². The minimum absolute atomic E-state index is 0.0844. The van der Waals surface area contributed by atoms with E-state index in [-0.39, 0.29) is 5.56 Å². The quantitative estimate of drug-likeness (QED) is 0.885. The average molecular weight is 275 g/mol. The van der Waals surface area contributed by atoms with Gasteiger partial charge in [0.05, 0.1) is 6.04 Å². The van der Waals surface area contributed by atoms with E-state index >= 15 is 0 Å². The lowest BCUT2D eigenvalue weighted by atomic mass is 9.91. The Labute approximate surface area is 118 Å². The summed E-state index contributed by atoms with van der Waals surface area (Å²) < 4.78 is 28.4. The molecule has 0 heterocycles. The molecular weight excluding hydrogens is 256 g/mol. The van der Waals surface area contributed by atoms with Crippen molar-refractivity contribution in [3.8, 4) is 0 Å². The Morgan fingerprint density at radius 1 is 0.950 bits per heavy atom. The average Bonchev–Trinajstić information content (AvgIpc) is 2.43. The molecule has 20 heavy (non-hydrogen) atoms. The third kappa shape index (κ3) is 2.46. The maximum Gasteiger partial charge on any atom is 0.134 e. The summed E-state index contributed by atoms with van der Waals surface area (Å²) in [5.41, 5.74) is 3.59. The van der Waals surface area contributed by atoms with Gasteiger partial charge in [-0.1, -0.05) is 24.3 Å². The van der Waals surface area contributed by atoms with Crippen LogP contribution in [0.15, 0.2) is 30.3 Å². The maximum absolute atomic E-state index is 14.3. The molecule has 2 aromatic carbocycles. The lowest BCUT2D eigenvalue weighted by Gasteiger charge is -2.22. The van der Waals surface area contributed by atoms with Gasteiger partial charge in [-0.05, 0) is 56.1 Å². The molecular formula is C17H19F2N. The van der Waals surface area contributed by atoms with Crippen molar-refractivity contribution < 1.29 is 8.78 Å². The summed E-state index contributed by atoms with van der Waals surface area (Å²) in [6.45, 7) is 5.61. The molecule has 2 rings (SSSR count). The van der Waals surface area contributed by atoms with Crippen molar-refractivity contribution in [1.29, 1.82) is 0 Å². The van der Waals surface area contributed by atoms with Crippen LogP contribution in [0.2, 0.25) is 0 Å². The molecule has 0 fully saturated rings. The summed E-state index contributed by atoms with van der Waals surface area (Å²) in [6, 6.07) is 8.11. The summed E-state index contributed by atoms with van der Waals surface area (Å²) in [7, 11) is 1.72. The summed E-state index contributed by atoms with van der Waals surface area (Å²) in [5, 5.41) is 3.03. The van der Waals surface area contributed by atoms with Crippen molar-refractivity contribution in [3.05, 3.63) is 69.8 Å².